The van der Waals surface area contributed by atoms with Gasteiger partial charge in [-0.2, -0.15) is 0 Å². The first-order chi connectivity index (χ1) is 11.3. The first-order valence-corrected chi connectivity index (χ1v) is 8.58. The van der Waals surface area contributed by atoms with Gasteiger partial charge < -0.3 is 5.32 Å². The van der Waals surface area contributed by atoms with Crippen molar-refractivity contribution in [2.75, 3.05) is 5.32 Å². The minimum Gasteiger partial charge on any atom is -0.355 e. The normalized spacial score (nSPS) is 10.8. The Bertz CT molecular complexity index is 954. The number of rotatable bonds is 3. The molecule has 0 spiro atoms. The lowest BCUT2D eigenvalue weighted by molar-refractivity contribution is 1.43. The summed E-state index contributed by atoms with van der Waals surface area (Å²) in [6.07, 6.45) is 0. The molecule has 4 aromatic rings. The van der Waals surface area contributed by atoms with Crippen molar-refractivity contribution in [2.45, 2.75) is 6.92 Å². The van der Waals surface area contributed by atoms with Gasteiger partial charge in [0.2, 0.25) is 0 Å². The summed E-state index contributed by atoms with van der Waals surface area (Å²) >= 11 is 1.78. The van der Waals surface area contributed by atoms with E-state index in [1.807, 2.05) is 6.07 Å². The zero-order chi connectivity index (χ0) is 15.6. The van der Waals surface area contributed by atoms with Gasteiger partial charge in [-0.05, 0) is 64.7 Å². The Morgan fingerprint density at radius 3 is 2.52 bits per heavy atom. The highest BCUT2D eigenvalue weighted by Gasteiger charge is 2.04. The quantitative estimate of drug-likeness (QED) is 0.448. The van der Waals surface area contributed by atoms with Crippen LogP contribution in [0.1, 0.15) is 5.56 Å². The molecule has 0 atom stereocenters. The molecule has 3 aromatic carbocycles. The van der Waals surface area contributed by atoms with Crippen LogP contribution in [0.2, 0.25) is 0 Å². The zero-order valence-electron chi connectivity index (χ0n) is 12.9. The Labute approximate surface area is 140 Å². The summed E-state index contributed by atoms with van der Waals surface area (Å²) in [7, 11) is 0. The van der Waals surface area contributed by atoms with Crippen LogP contribution in [-0.2, 0) is 0 Å². The summed E-state index contributed by atoms with van der Waals surface area (Å²) in [6.45, 7) is 2.14. The number of thiophene rings is 1. The lowest BCUT2D eigenvalue weighted by Gasteiger charge is -2.12. The highest BCUT2D eigenvalue weighted by Crippen LogP contribution is 2.30. The molecule has 0 aliphatic rings. The summed E-state index contributed by atoms with van der Waals surface area (Å²) in [5.74, 6) is 0. The largest absolute Gasteiger partial charge is 0.355 e. The third kappa shape index (κ3) is 2.86. The lowest BCUT2D eigenvalue weighted by Crippen LogP contribution is -1.93. The van der Waals surface area contributed by atoms with Gasteiger partial charge in [-0.1, -0.05) is 42.5 Å². The lowest BCUT2D eigenvalue weighted by atomic mass is 10.0. The minimum atomic E-state index is 1.13. The summed E-state index contributed by atoms with van der Waals surface area (Å²) < 4.78 is 1.32. The molecular weight excluding hydrogens is 298 g/mol. The molecule has 1 N–H and O–H groups in total. The van der Waals surface area contributed by atoms with Crippen LogP contribution in [0.5, 0.6) is 0 Å². The Morgan fingerprint density at radius 2 is 1.65 bits per heavy atom. The summed E-state index contributed by atoms with van der Waals surface area (Å²) in [5.41, 5.74) is 6.00. The fourth-order valence-corrected chi connectivity index (χ4v) is 3.54. The molecular formula is C21H17NS. The predicted molar refractivity (Wildman–Crippen MR) is 102 cm³/mol. The van der Waals surface area contributed by atoms with Crippen molar-refractivity contribution >= 4 is 32.8 Å². The third-order valence-corrected chi connectivity index (χ3v) is 4.97. The SMILES string of the molecule is Cc1ccc(-c2ccccc2)cc1Nc1ccc2sccc2c1. The second kappa shape index (κ2) is 5.90. The van der Waals surface area contributed by atoms with Gasteiger partial charge in [0.25, 0.3) is 0 Å². The van der Waals surface area contributed by atoms with E-state index in [4.69, 9.17) is 0 Å². The third-order valence-electron chi connectivity index (χ3n) is 4.08. The van der Waals surface area contributed by atoms with Crippen molar-refractivity contribution in [3.8, 4) is 11.1 Å². The van der Waals surface area contributed by atoms with E-state index in [0.29, 0.717) is 0 Å². The smallest absolute Gasteiger partial charge is 0.0420 e. The Morgan fingerprint density at radius 1 is 0.783 bits per heavy atom. The molecule has 0 amide bonds. The van der Waals surface area contributed by atoms with Crippen LogP contribution in [0.4, 0.5) is 11.4 Å². The summed E-state index contributed by atoms with van der Waals surface area (Å²) in [5, 5.41) is 6.99. The molecule has 0 saturated carbocycles. The molecule has 0 fully saturated rings. The van der Waals surface area contributed by atoms with Crippen molar-refractivity contribution in [3.63, 3.8) is 0 Å². The topological polar surface area (TPSA) is 12.0 Å². The molecule has 23 heavy (non-hydrogen) atoms. The maximum atomic E-state index is 3.57. The van der Waals surface area contributed by atoms with Crippen LogP contribution < -0.4 is 5.32 Å². The Hall–Kier alpha value is -2.58. The van der Waals surface area contributed by atoms with Crippen molar-refractivity contribution in [1.29, 1.82) is 0 Å². The molecule has 0 bridgehead atoms. The van der Waals surface area contributed by atoms with Gasteiger partial charge in [0.15, 0.2) is 0 Å². The number of nitrogens with one attached hydrogen (secondary N) is 1. The standard InChI is InChI=1S/C21H17NS/c1-15-7-8-17(16-5-3-2-4-6-16)14-20(15)22-19-9-10-21-18(13-19)11-12-23-21/h2-14,22H,1H3. The van der Waals surface area contributed by atoms with E-state index in [1.165, 1.54) is 26.8 Å². The molecule has 1 nitrogen and oxygen atoms in total. The van der Waals surface area contributed by atoms with Crippen LogP contribution in [-0.4, -0.2) is 0 Å². The molecule has 0 aliphatic heterocycles. The van der Waals surface area contributed by atoms with Crippen LogP contribution in [0.25, 0.3) is 21.2 Å². The zero-order valence-corrected chi connectivity index (χ0v) is 13.7. The fourth-order valence-electron chi connectivity index (χ4n) is 2.77. The number of hydrogen-bond donors (Lipinski definition) is 1. The van der Waals surface area contributed by atoms with Gasteiger partial charge in [0.05, 0.1) is 0 Å². The van der Waals surface area contributed by atoms with Gasteiger partial charge in [-0.3, -0.25) is 0 Å². The van der Waals surface area contributed by atoms with Gasteiger partial charge in [-0.25, -0.2) is 0 Å². The van der Waals surface area contributed by atoms with E-state index in [0.717, 1.165) is 11.4 Å². The molecule has 1 aromatic heterocycles. The number of hydrogen-bond acceptors (Lipinski definition) is 2. The maximum Gasteiger partial charge on any atom is 0.0420 e. The van der Waals surface area contributed by atoms with Gasteiger partial charge in [0, 0.05) is 16.1 Å². The van der Waals surface area contributed by atoms with Crippen LogP contribution in [0.15, 0.2) is 78.2 Å². The number of benzene rings is 3. The average Bonchev–Trinajstić information content (AvgIpc) is 3.05. The van der Waals surface area contributed by atoms with Crippen molar-refractivity contribution < 1.29 is 0 Å². The molecule has 112 valence electrons. The predicted octanol–water partition coefficient (Wildman–Crippen LogP) is 6.62. The molecule has 0 saturated heterocycles. The summed E-state index contributed by atoms with van der Waals surface area (Å²) in [4.78, 5) is 0. The number of aryl methyl sites for hydroxylation is 1. The Balaban J connectivity index is 1.70. The van der Waals surface area contributed by atoms with E-state index in [-0.39, 0.29) is 0 Å². The van der Waals surface area contributed by atoms with Gasteiger partial charge in [-0.15, -0.1) is 11.3 Å². The van der Waals surface area contributed by atoms with E-state index < -0.39 is 0 Å². The first kappa shape index (κ1) is 14.0. The van der Waals surface area contributed by atoms with Gasteiger partial charge in [0.1, 0.15) is 0 Å². The first-order valence-electron chi connectivity index (χ1n) is 7.70. The molecule has 0 unspecified atom stereocenters. The van der Waals surface area contributed by atoms with E-state index >= 15 is 0 Å². The molecule has 1 heterocycles. The number of anilines is 2. The monoisotopic (exact) mass is 315 g/mol. The molecule has 2 heteroatoms. The van der Waals surface area contributed by atoms with E-state index in [1.54, 1.807) is 11.3 Å². The van der Waals surface area contributed by atoms with Crippen LogP contribution in [0.3, 0.4) is 0 Å². The maximum absolute atomic E-state index is 3.57. The highest BCUT2D eigenvalue weighted by atomic mass is 32.1. The summed E-state index contributed by atoms with van der Waals surface area (Å²) in [6, 6.07) is 25.8. The Kier molecular flexibility index (Phi) is 3.60. The minimum absolute atomic E-state index is 1.13. The highest BCUT2D eigenvalue weighted by molar-refractivity contribution is 7.17. The van der Waals surface area contributed by atoms with E-state index in [9.17, 15) is 0 Å². The van der Waals surface area contributed by atoms with Gasteiger partial charge >= 0.3 is 0 Å². The molecule has 0 radical (unpaired) electrons. The van der Waals surface area contributed by atoms with Crippen molar-refractivity contribution in [3.05, 3.63) is 83.7 Å². The second-order valence-corrected chi connectivity index (χ2v) is 6.64. The van der Waals surface area contributed by atoms with Crippen LogP contribution >= 0.6 is 11.3 Å². The number of fused-ring (bicyclic) bond motifs is 1. The van der Waals surface area contributed by atoms with E-state index in [2.05, 4.69) is 84.4 Å². The van der Waals surface area contributed by atoms with Crippen LogP contribution in [0, 0.1) is 6.92 Å². The molecule has 0 aliphatic carbocycles. The molecule has 4 rings (SSSR count). The van der Waals surface area contributed by atoms with Crippen molar-refractivity contribution in [1.82, 2.24) is 0 Å². The fraction of sp³-hybridized carbons (Fsp3) is 0.0476. The van der Waals surface area contributed by atoms with Crippen molar-refractivity contribution in [2.24, 2.45) is 0 Å². The second-order valence-electron chi connectivity index (χ2n) is 5.69. The average molecular weight is 315 g/mol.